The zero-order chi connectivity index (χ0) is 33.9. The van der Waals surface area contributed by atoms with Gasteiger partial charge in [0.05, 0.1) is 0 Å². The molecule has 0 spiro atoms. The van der Waals surface area contributed by atoms with Crippen molar-refractivity contribution in [1.29, 1.82) is 0 Å². The van der Waals surface area contributed by atoms with Gasteiger partial charge in [0, 0.05) is 0 Å². The Kier molecular flexibility index (Phi) is 10.7. The molecule has 0 radical (unpaired) electrons. The summed E-state index contributed by atoms with van der Waals surface area (Å²) in [6, 6.07) is 88.4. The molecular weight excluding hydrogens is 678 g/mol. The van der Waals surface area contributed by atoms with Gasteiger partial charge in [0.15, 0.2) is 0 Å². The molecule has 0 atom stereocenters. The van der Waals surface area contributed by atoms with Crippen molar-refractivity contribution in [2.75, 3.05) is 0 Å². The third-order valence-electron chi connectivity index (χ3n) is 9.77. The monoisotopic (exact) mass is 718 g/mol. The molecule has 0 aliphatic carbocycles. The summed E-state index contributed by atoms with van der Waals surface area (Å²) >= 11 is -5.46. The molecule has 8 aromatic rings. The van der Waals surface area contributed by atoms with E-state index in [1.807, 2.05) is 0 Å². The molecule has 0 fully saturated rings. The molecule has 0 bridgehead atoms. The Morgan fingerprint density at radius 2 is 0.360 bits per heavy atom. The van der Waals surface area contributed by atoms with Crippen LogP contribution in [0.3, 0.4) is 0 Å². The van der Waals surface area contributed by atoms with Gasteiger partial charge in [0.1, 0.15) is 0 Å². The van der Waals surface area contributed by atoms with E-state index in [1.54, 1.807) is 0 Å². The van der Waals surface area contributed by atoms with Crippen molar-refractivity contribution in [3.05, 3.63) is 243 Å². The Morgan fingerprint density at radius 3 is 0.540 bits per heavy atom. The first kappa shape index (κ1) is 33.4. The topological polar surface area (TPSA) is 0 Å². The molecule has 8 rings (SSSR count). The van der Waals surface area contributed by atoms with E-state index < -0.39 is 26.6 Å². The van der Waals surface area contributed by atoms with Gasteiger partial charge in [-0.3, -0.25) is 0 Å². The summed E-state index contributed by atoms with van der Waals surface area (Å²) < 4.78 is 11.6. The quantitative estimate of drug-likeness (QED) is 0.166. The van der Waals surface area contributed by atoms with E-state index in [0.29, 0.717) is 0 Å². The summed E-state index contributed by atoms with van der Waals surface area (Å²) in [7, 11) is 0. The van der Waals surface area contributed by atoms with Crippen LogP contribution in [0.25, 0.3) is 0 Å². The van der Waals surface area contributed by atoms with Crippen LogP contribution >= 0.6 is 0 Å². The van der Waals surface area contributed by atoms with Crippen molar-refractivity contribution in [2.45, 2.75) is 0 Å². The first-order valence-electron chi connectivity index (χ1n) is 17.3. The van der Waals surface area contributed by atoms with Crippen LogP contribution in [-0.4, -0.2) is 26.6 Å². The van der Waals surface area contributed by atoms with Crippen molar-refractivity contribution < 1.29 is 0 Å². The van der Waals surface area contributed by atoms with Crippen LogP contribution in [0.5, 0.6) is 0 Å². The molecule has 50 heavy (non-hydrogen) atoms. The fraction of sp³-hybridized carbons (Fsp3) is 0. The SMILES string of the molecule is c1cc[c]([Al-]([c]2ccccc2)([c]2ccccc2)[c]2ccccc2)cc1.c1ccc([As+](c2ccccc2)(c2ccccc2)c2ccccc2)cc1. The predicted octanol–water partition coefficient (Wildman–Crippen LogP) is 6.13. The predicted molar refractivity (Wildman–Crippen MR) is 220 cm³/mol. The van der Waals surface area contributed by atoms with Gasteiger partial charge in [-0.15, -0.1) is 48.5 Å². The van der Waals surface area contributed by atoms with Gasteiger partial charge < -0.3 is 0 Å². The van der Waals surface area contributed by atoms with Crippen LogP contribution in [0, 0.1) is 0 Å². The molecule has 0 saturated carbocycles. The van der Waals surface area contributed by atoms with E-state index in [9.17, 15) is 0 Å². The van der Waals surface area contributed by atoms with Gasteiger partial charge in [-0.1, -0.05) is 72.8 Å². The Balaban J connectivity index is 0.000000157. The van der Waals surface area contributed by atoms with Crippen LogP contribution in [0.4, 0.5) is 0 Å². The molecule has 240 valence electrons. The zero-order valence-electron chi connectivity index (χ0n) is 28.1. The summed E-state index contributed by atoms with van der Waals surface area (Å²) in [5.74, 6) is 0. The Morgan fingerprint density at radius 1 is 0.200 bits per heavy atom. The van der Waals surface area contributed by atoms with Gasteiger partial charge in [-0.25, -0.2) is 17.7 Å². The van der Waals surface area contributed by atoms with Crippen molar-refractivity contribution in [2.24, 2.45) is 0 Å². The second-order valence-electron chi connectivity index (χ2n) is 12.5. The van der Waals surface area contributed by atoms with Crippen molar-refractivity contribution >= 4 is 61.7 Å². The normalized spacial score (nSPS) is 11.2. The van der Waals surface area contributed by atoms with Crippen LogP contribution < -0.4 is 35.1 Å². The first-order chi connectivity index (χ1) is 24.8. The first-order valence-corrected chi connectivity index (χ1v) is 23.4. The van der Waals surface area contributed by atoms with Crippen molar-refractivity contribution in [3.63, 3.8) is 0 Å². The molecule has 0 aliphatic heterocycles. The molecule has 0 nitrogen and oxygen atoms in total. The third kappa shape index (κ3) is 6.57. The Bertz CT molecular complexity index is 1670. The van der Waals surface area contributed by atoms with Crippen LogP contribution in [0.1, 0.15) is 0 Å². The molecule has 2 heteroatoms. The van der Waals surface area contributed by atoms with E-state index in [0.717, 1.165) is 0 Å². The second kappa shape index (κ2) is 16.0. The van der Waals surface area contributed by atoms with Crippen molar-refractivity contribution in [3.8, 4) is 0 Å². The standard InChI is InChI=1S/C24H20As.4C6H5.Al/c1-5-13-21(14-6-1)25(22-15-7-2-8-16-22,23-17-9-3-10-18-23)24-19-11-4-12-20-24;4*1-2-4-6-5-3-1;/h1-20H;4*1-5H;/q+1;;;;;-1. The van der Waals surface area contributed by atoms with Gasteiger partial charge >= 0.3 is 152 Å². The molecule has 0 aromatic heterocycles. The van der Waals surface area contributed by atoms with Crippen LogP contribution in [0.2, 0.25) is 0 Å². The van der Waals surface area contributed by atoms with E-state index >= 15 is 0 Å². The van der Waals surface area contributed by atoms with Gasteiger partial charge in [-0.2, -0.15) is 0 Å². The van der Waals surface area contributed by atoms with E-state index in [4.69, 9.17) is 0 Å². The molecular formula is C48H40AlAs. The average molecular weight is 719 g/mol. The number of hydrogen-bond donors (Lipinski definition) is 0. The van der Waals surface area contributed by atoms with E-state index in [2.05, 4.69) is 243 Å². The number of rotatable bonds is 8. The van der Waals surface area contributed by atoms with Crippen LogP contribution in [-0.2, 0) is 0 Å². The summed E-state index contributed by atoms with van der Waals surface area (Å²) in [5, 5.41) is 0. The molecule has 0 saturated heterocycles. The summed E-state index contributed by atoms with van der Waals surface area (Å²) in [6.45, 7) is 0. The fourth-order valence-corrected chi connectivity index (χ4v) is 22.1. The summed E-state index contributed by atoms with van der Waals surface area (Å²) in [5.41, 5.74) is 0. The summed E-state index contributed by atoms with van der Waals surface area (Å²) in [6.07, 6.45) is 0. The van der Waals surface area contributed by atoms with Gasteiger partial charge in [0.25, 0.3) is 13.1 Å². The molecule has 0 unspecified atom stereocenters. The summed E-state index contributed by atoms with van der Waals surface area (Å²) in [4.78, 5) is 0. The maximum atomic E-state index is 2.31. The minimum absolute atomic E-state index is 1.44. The molecule has 0 N–H and O–H groups in total. The molecule has 0 heterocycles. The Labute approximate surface area is 302 Å². The maximum absolute atomic E-state index is 2.77. The molecule has 0 aliphatic rings. The fourth-order valence-electron chi connectivity index (χ4n) is 7.62. The zero-order valence-corrected chi connectivity index (χ0v) is 31.1. The van der Waals surface area contributed by atoms with E-state index in [-0.39, 0.29) is 0 Å². The molecule has 0 amide bonds. The molecule has 8 aromatic carbocycles. The minimum atomic E-state index is -2.77. The van der Waals surface area contributed by atoms with Crippen molar-refractivity contribution in [1.82, 2.24) is 0 Å². The van der Waals surface area contributed by atoms with Gasteiger partial charge in [-0.05, 0) is 0 Å². The van der Waals surface area contributed by atoms with E-state index in [1.165, 1.54) is 35.1 Å². The third-order valence-corrected chi connectivity index (χ3v) is 24.3. The second-order valence-corrected chi connectivity index (χ2v) is 24.1. The number of hydrogen-bond acceptors (Lipinski definition) is 0. The average Bonchev–Trinajstić information content (AvgIpc) is 3.22. The number of benzene rings is 8. The van der Waals surface area contributed by atoms with Crippen LogP contribution in [0.15, 0.2) is 243 Å². The Hall–Kier alpha value is -5.15. The van der Waals surface area contributed by atoms with Gasteiger partial charge in [0.2, 0.25) is 0 Å².